The van der Waals surface area contributed by atoms with E-state index >= 15 is 0 Å². The molecular formula is C15H21FO2. The van der Waals surface area contributed by atoms with Gasteiger partial charge in [-0.3, -0.25) is 0 Å². The van der Waals surface area contributed by atoms with Gasteiger partial charge in [-0.25, -0.2) is 4.39 Å². The van der Waals surface area contributed by atoms with Crippen molar-refractivity contribution < 1.29 is 14.2 Å². The van der Waals surface area contributed by atoms with Crippen LogP contribution in [0.3, 0.4) is 0 Å². The summed E-state index contributed by atoms with van der Waals surface area (Å²) in [5.41, 5.74) is 0.761. The molecule has 0 spiro atoms. The third-order valence-electron chi connectivity index (χ3n) is 3.89. The van der Waals surface area contributed by atoms with Crippen LogP contribution in [0, 0.1) is 18.2 Å². The largest absolute Gasteiger partial charge is 0.487 e. The maximum absolute atomic E-state index is 13.2. The smallest absolute Gasteiger partial charge is 0.126 e. The van der Waals surface area contributed by atoms with E-state index in [2.05, 4.69) is 0 Å². The van der Waals surface area contributed by atoms with Gasteiger partial charge in [-0.05, 0) is 43.2 Å². The van der Waals surface area contributed by atoms with Crippen molar-refractivity contribution in [3.8, 4) is 5.75 Å². The number of aliphatic hydroxyl groups excluding tert-OH is 1. The average molecular weight is 252 g/mol. The zero-order valence-corrected chi connectivity index (χ0v) is 11.2. The third-order valence-corrected chi connectivity index (χ3v) is 3.89. The summed E-state index contributed by atoms with van der Waals surface area (Å²) in [5, 5.41) is 10.3. The Morgan fingerprint density at radius 3 is 2.83 bits per heavy atom. The molecule has 0 saturated heterocycles. The van der Waals surface area contributed by atoms with Gasteiger partial charge in [0.1, 0.15) is 17.7 Å². The van der Waals surface area contributed by atoms with Crippen LogP contribution in [0.25, 0.3) is 0 Å². The first-order valence-electron chi connectivity index (χ1n) is 6.51. The lowest BCUT2D eigenvalue weighted by Gasteiger charge is -2.40. The number of hydrogen-bond donors (Lipinski definition) is 1. The lowest BCUT2D eigenvalue weighted by atomic mass is 9.73. The van der Waals surface area contributed by atoms with Crippen LogP contribution in [-0.4, -0.2) is 17.3 Å². The average Bonchev–Trinajstić information content (AvgIpc) is 2.30. The van der Waals surface area contributed by atoms with E-state index in [0.29, 0.717) is 5.75 Å². The van der Waals surface area contributed by atoms with Crippen molar-refractivity contribution in [1.82, 2.24) is 0 Å². The topological polar surface area (TPSA) is 29.5 Å². The highest BCUT2D eigenvalue weighted by Gasteiger charge is 2.39. The number of rotatable bonds is 2. The molecule has 3 heteroatoms. The molecule has 0 bridgehead atoms. The Hall–Kier alpha value is -1.09. The monoisotopic (exact) mass is 252 g/mol. The summed E-state index contributed by atoms with van der Waals surface area (Å²) >= 11 is 0. The van der Waals surface area contributed by atoms with Gasteiger partial charge in [0, 0.05) is 6.07 Å². The fourth-order valence-electron chi connectivity index (χ4n) is 2.56. The molecule has 18 heavy (non-hydrogen) atoms. The lowest BCUT2D eigenvalue weighted by Crippen LogP contribution is -2.46. The maximum atomic E-state index is 13.2. The highest BCUT2D eigenvalue weighted by molar-refractivity contribution is 5.33. The van der Waals surface area contributed by atoms with Crippen molar-refractivity contribution in [2.45, 2.75) is 52.2 Å². The first kappa shape index (κ1) is 13.3. The minimum absolute atomic E-state index is 0.135. The second-order valence-electron chi connectivity index (χ2n) is 5.89. The second-order valence-corrected chi connectivity index (χ2v) is 5.89. The number of aliphatic hydroxyl groups is 1. The molecule has 2 nitrogen and oxygen atoms in total. The molecule has 1 fully saturated rings. The van der Waals surface area contributed by atoms with Gasteiger partial charge in [-0.1, -0.05) is 19.9 Å². The molecule has 1 aromatic carbocycles. The predicted octanol–water partition coefficient (Wildman–Crippen LogP) is 3.45. The van der Waals surface area contributed by atoms with Crippen LogP contribution in [-0.2, 0) is 0 Å². The molecule has 2 rings (SSSR count). The van der Waals surface area contributed by atoms with E-state index in [1.165, 1.54) is 12.1 Å². The van der Waals surface area contributed by atoms with Crippen molar-refractivity contribution in [3.63, 3.8) is 0 Å². The Morgan fingerprint density at radius 2 is 2.11 bits per heavy atom. The van der Waals surface area contributed by atoms with Crippen LogP contribution in [0.4, 0.5) is 4.39 Å². The third kappa shape index (κ3) is 2.66. The SMILES string of the molecule is Cc1ccc(F)cc1OC1CCCC(C)(C)C1O. The lowest BCUT2D eigenvalue weighted by molar-refractivity contribution is -0.0692. The molecule has 0 aromatic heterocycles. The predicted molar refractivity (Wildman–Crippen MR) is 69.2 cm³/mol. The van der Waals surface area contributed by atoms with E-state index in [9.17, 15) is 9.50 Å². The van der Waals surface area contributed by atoms with Gasteiger partial charge in [-0.2, -0.15) is 0 Å². The molecule has 2 atom stereocenters. The quantitative estimate of drug-likeness (QED) is 0.873. The summed E-state index contributed by atoms with van der Waals surface area (Å²) in [5.74, 6) is 0.233. The fourth-order valence-corrected chi connectivity index (χ4v) is 2.56. The van der Waals surface area contributed by atoms with E-state index in [4.69, 9.17) is 4.74 Å². The Balaban J connectivity index is 2.15. The molecule has 1 aromatic rings. The van der Waals surface area contributed by atoms with Crippen LogP contribution in [0.1, 0.15) is 38.7 Å². The first-order chi connectivity index (χ1) is 8.40. The van der Waals surface area contributed by atoms with Crippen molar-refractivity contribution in [1.29, 1.82) is 0 Å². The van der Waals surface area contributed by atoms with E-state index in [1.54, 1.807) is 6.07 Å². The number of aryl methyl sites for hydroxylation is 1. The maximum Gasteiger partial charge on any atom is 0.126 e. The number of ether oxygens (including phenoxy) is 1. The van der Waals surface area contributed by atoms with Gasteiger partial charge >= 0.3 is 0 Å². The molecular weight excluding hydrogens is 231 g/mol. The van der Waals surface area contributed by atoms with Gasteiger partial charge in [0.15, 0.2) is 0 Å². The molecule has 1 N–H and O–H groups in total. The van der Waals surface area contributed by atoms with Gasteiger partial charge < -0.3 is 9.84 Å². The Kier molecular flexibility index (Phi) is 3.62. The van der Waals surface area contributed by atoms with Crippen LogP contribution in [0.5, 0.6) is 5.75 Å². The van der Waals surface area contributed by atoms with Crippen LogP contribution in [0.15, 0.2) is 18.2 Å². The zero-order valence-electron chi connectivity index (χ0n) is 11.2. The van der Waals surface area contributed by atoms with Crippen molar-refractivity contribution in [2.75, 3.05) is 0 Å². The molecule has 1 aliphatic rings. The van der Waals surface area contributed by atoms with Crippen LogP contribution in [0.2, 0.25) is 0 Å². The Morgan fingerprint density at radius 1 is 1.39 bits per heavy atom. The summed E-state index contributed by atoms with van der Waals surface area (Å²) in [4.78, 5) is 0. The van der Waals surface area contributed by atoms with Gasteiger partial charge in [0.2, 0.25) is 0 Å². The zero-order chi connectivity index (χ0) is 13.3. The molecule has 0 amide bonds. The summed E-state index contributed by atoms with van der Waals surface area (Å²) in [6.45, 7) is 5.98. The second kappa shape index (κ2) is 4.88. The summed E-state index contributed by atoms with van der Waals surface area (Å²) in [7, 11) is 0. The molecule has 0 heterocycles. The fraction of sp³-hybridized carbons (Fsp3) is 0.600. The minimum Gasteiger partial charge on any atom is -0.487 e. The Bertz CT molecular complexity index is 429. The van der Waals surface area contributed by atoms with E-state index < -0.39 is 6.10 Å². The molecule has 0 aliphatic heterocycles. The molecule has 1 aliphatic carbocycles. The molecule has 1 saturated carbocycles. The molecule has 2 unspecified atom stereocenters. The number of halogens is 1. The number of benzene rings is 1. The van der Waals surface area contributed by atoms with Gasteiger partial charge in [0.25, 0.3) is 0 Å². The van der Waals surface area contributed by atoms with E-state index in [1.807, 2.05) is 20.8 Å². The molecule has 0 radical (unpaired) electrons. The van der Waals surface area contributed by atoms with Crippen molar-refractivity contribution in [3.05, 3.63) is 29.6 Å². The first-order valence-corrected chi connectivity index (χ1v) is 6.51. The summed E-state index contributed by atoms with van der Waals surface area (Å²) in [6.07, 6.45) is 2.10. The molecule has 100 valence electrons. The summed E-state index contributed by atoms with van der Waals surface area (Å²) < 4.78 is 19.0. The summed E-state index contributed by atoms with van der Waals surface area (Å²) in [6, 6.07) is 4.51. The van der Waals surface area contributed by atoms with E-state index in [0.717, 1.165) is 24.8 Å². The Labute approximate surface area is 108 Å². The van der Waals surface area contributed by atoms with E-state index in [-0.39, 0.29) is 17.3 Å². The van der Waals surface area contributed by atoms with Crippen molar-refractivity contribution in [2.24, 2.45) is 5.41 Å². The van der Waals surface area contributed by atoms with Crippen LogP contribution >= 0.6 is 0 Å². The van der Waals surface area contributed by atoms with Crippen molar-refractivity contribution >= 4 is 0 Å². The van der Waals surface area contributed by atoms with Gasteiger partial charge in [0.05, 0.1) is 6.10 Å². The number of hydrogen-bond acceptors (Lipinski definition) is 2. The normalized spacial score (nSPS) is 26.9. The standard InChI is InChI=1S/C15H21FO2/c1-10-6-7-11(16)9-13(10)18-12-5-4-8-15(2,3)14(12)17/h6-7,9,12,14,17H,4-5,8H2,1-3H3. The minimum atomic E-state index is -0.506. The highest BCUT2D eigenvalue weighted by atomic mass is 19.1. The van der Waals surface area contributed by atoms with Crippen LogP contribution < -0.4 is 4.74 Å². The highest BCUT2D eigenvalue weighted by Crippen LogP contribution is 2.37. The van der Waals surface area contributed by atoms with Gasteiger partial charge in [-0.15, -0.1) is 0 Å².